The smallest absolute Gasteiger partial charge is 0.495 e. The molecule has 0 aliphatic carbocycles. The van der Waals surface area contributed by atoms with E-state index in [1.807, 2.05) is 4.72 Å². The molecule has 0 heterocycles. The molecule has 2 aromatic rings. The lowest BCUT2D eigenvalue weighted by atomic mass is 10.2. The van der Waals surface area contributed by atoms with Crippen LogP contribution in [0.5, 0.6) is 11.5 Å². The normalized spacial score (nSPS) is 11.7. The number of nitro benzene ring substituents is 1. The Morgan fingerprint density at radius 2 is 1.85 bits per heavy atom. The van der Waals surface area contributed by atoms with Crippen molar-refractivity contribution in [2.24, 2.45) is 0 Å². The molecule has 0 aromatic heterocycles. The molecule has 26 heavy (non-hydrogen) atoms. The first-order valence-electron chi connectivity index (χ1n) is 6.73. The minimum atomic E-state index is -4.99. The van der Waals surface area contributed by atoms with Crippen molar-refractivity contribution in [3.63, 3.8) is 0 Å². The van der Waals surface area contributed by atoms with Crippen molar-refractivity contribution in [2.75, 3.05) is 11.8 Å². The topological polar surface area (TPSA) is 108 Å². The molecule has 0 amide bonds. The van der Waals surface area contributed by atoms with Crippen LogP contribution in [0.25, 0.3) is 0 Å². The average molecular weight is 392 g/mol. The van der Waals surface area contributed by atoms with Gasteiger partial charge in [0.15, 0.2) is 0 Å². The van der Waals surface area contributed by atoms with Gasteiger partial charge in [-0.2, -0.15) is 0 Å². The molecule has 0 fully saturated rings. The van der Waals surface area contributed by atoms with Crippen LogP contribution in [0.2, 0.25) is 0 Å². The summed E-state index contributed by atoms with van der Waals surface area (Å²) in [6.45, 7) is 0. The Morgan fingerprint density at radius 3 is 2.42 bits per heavy atom. The Morgan fingerprint density at radius 1 is 1.15 bits per heavy atom. The van der Waals surface area contributed by atoms with Crippen LogP contribution in [0.15, 0.2) is 47.4 Å². The Kier molecular flexibility index (Phi) is 5.25. The third-order valence-electron chi connectivity index (χ3n) is 2.99. The zero-order valence-corrected chi connectivity index (χ0v) is 13.8. The maximum atomic E-state index is 12.4. The van der Waals surface area contributed by atoms with E-state index in [1.165, 1.54) is 13.2 Å². The van der Waals surface area contributed by atoms with Gasteiger partial charge >= 0.3 is 6.36 Å². The van der Waals surface area contributed by atoms with E-state index in [4.69, 9.17) is 4.74 Å². The lowest BCUT2D eigenvalue weighted by Crippen LogP contribution is -2.18. The minimum absolute atomic E-state index is 0.0122. The van der Waals surface area contributed by atoms with Crippen LogP contribution in [-0.2, 0) is 10.0 Å². The summed E-state index contributed by atoms with van der Waals surface area (Å²) < 4.78 is 72.2. The summed E-state index contributed by atoms with van der Waals surface area (Å²) >= 11 is 0. The van der Waals surface area contributed by atoms with E-state index in [0.29, 0.717) is 6.07 Å². The van der Waals surface area contributed by atoms with Gasteiger partial charge < -0.3 is 9.47 Å². The summed E-state index contributed by atoms with van der Waals surface area (Å²) in [5.41, 5.74) is -0.651. The second-order valence-electron chi connectivity index (χ2n) is 4.77. The fourth-order valence-electron chi connectivity index (χ4n) is 1.93. The van der Waals surface area contributed by atoms with Crippen molar-refractivity contribution in [3.05, 3.63) is 52.6 Å². The maximum absolute atomic E-state index is 12.4. The molecule has 0 saturated carbocycles. The van der Waals surface area contributed by atoms with Crippen molar-refractivity contribution >= 4 is 21.4 Å². The lowest BCUT2D eigenvalue weighted by Gasteiger charge is -2.13. The fraction of sp³-hybridized carbons (Fsp3) is 0.143. The van der Waals surface area contributed by atoms with E-state index in [2.05, 4.69) is 4.74 Å². The predicted octanol–water partition coefficient (Wildman–Crippen LogP) is 3.30. The Balaban J connectivity index is 2.39. The van der Waals surface area contributed by atoms with Gasteiger partial charge in [-0.15, -0.1) is 13.2 Å². The van der Waals surface area contributed by atoms with Gasteiger partial charge in [0, 0.05) is 18.2 Å². The number of anilines is 1. The highest BCUT2D eigenvalue weighted by Gasteiger charge is 2.31. The van der Waals surface area contributed by atoms with Gasteiger partial charge in [-0.1, -0.05) is 6.07 Å². The number of alkyl halides is 3. The van der Waals surface area contributed by atoms with Crippen LogP contribution in [0.4, 0.5) is 24.5 Å². The monoisotopic (exact) mass is 392 g/mol. The first-order valence-corrected chi connectivity index (χ1v) is 8.21. The number of ether oxygens (including phenoxy) is 2. The Hall–Kier alpha value is -3.02. The molecule has 8 nitrogen and oxygen atoms in total. The Labute approximate surface area is 145 Å². The summed E-state index contributed by atoms with van der Waals surface area (Å²) in [4.78, 5) is 9.55. The molecule has 0 bridgehead atoms. The van der Waals surface area contributed by atoms with Crippen molar-refractivity contribution < 1.29 is 36.0 Å². The minimum Gasteiger partial charge on any atom is -0.495 e. The number of nitrogens with zero attached hydrogens (tertiary/aromatic N) is 1. The fourth-order valence-corrected chi connectivity index (χ4v) is 3.03. The zero-order chi connectivity index (χ0) is 19.5. The van der Waals surface area contributed by atoms with Crippen molar-refractivity contribution in [1.82, 2.24) is 0 Å². The summed E-state index contributed by atoms with van der Waals surface area (Å²) in [5, 5.41) is 10.8. The van der Waals surface area contributed by atoms with Crippen molar-refractivity contribution in [1.29, 1.82) is 0 Å². The first kappa shape index (κ1) is 19.3. The Bertz CT molecular complexity index is 931. The highest BCUT2D eigenvalue weighted by molar-refractivity contribution is 7.92. The quantitative estimate of drug-likeness (QED) is 0.597. The number of sulfonamides is 1. The molecule has 2 aromatic carbocycles. The van der Waals surface area contributed by atoms with Crippen molar-refractivity contribution in [2.45, 2.75) is 11.3 Å². The number of rotatable bonds is 6. The molecule has 0 atom stereocenters. The third-order valence-corrected chi connectivity index (χ3v) is 4.35. The number of nitro groups is 1. The van der Waals surface area contributed by atoms with Gasteiger partial charge in [-0.05, 0) is 18.2 Å². The lowest BCUT2D eigenvalue weighted by molar-refractivity contribution is -0.384. The number of benzene rings is 2. The maximum Gasteiger partial charge on any atom is 0.573 e. The zero-order valence-electron chi connectivity index (χ0n) is 13.0. The predicted molar refractivity (Wildman–Crippen MR) is 83.6 cm³/mol. The molecule has 0 unspecified atom stereocenters. The van der Waals surface area contributed by atoms with Crippen LogP contribution >= 0.6 is 0 Å². The van der Waals surface area contributed by atoms with E-state index in [1.54, 1.807) is 0 Å². The molecular weight excluding hydrogens is 381 g/mol. The highest BCUT2D eigenvalue weighted by Crippen LogP contribution is 2.32. The third kappa shape index (κ3) is 4.75. The number of non-ortho nitro benzene ring substituents is 1. The van der Waals surface area contributed by atoms with Gasteiger partial charge in [0.05, 0.1) is 22.6 Å². The molecule has 140 valence electrons. The SMILES string of the molecule is COc1ccc([N+](=O)[O-])cc1NS(=O)(=O)c1cccc(OC(F)(F)F)c1. The second-order valence-corrected chi connectivity index (χ2v) is 6.45. The molecule has 0 aliphatic rings. The van der Waals surface area contributed by atoms with E-state index >= 15 is 0 Å². The number of halogens is 3. The van der Waals surface area contributed by atoms with E-state index in [9.17, 15) is 31.7 Å². The molecule has 0 radical (unpaired) electrons. The van der Waals surface area contributed by atoms with Gasteiger partial charge in [0.25, 0.3) is 15.7 Å². The molecular formula is C14H11F3N2O6S. The first-order chi connectivity index (χ1) is 12.0. The van der Waals surface area contributed by atoms with Crippen LogP contribution in [0.1, 0.15) is 0 Å². The largest absolute Gasteiger partial charge is 0.573 e. The van der Waals surface area contributed by atoms with E-state index in [0.717, 1.165) is 30.3 Å². The molecule has 12 heteroatoms. The van der Waals surface area contributed by atoms with Gasteiger partial charge in [0.1, 0.15) is 11.5 Å². The molecule has 0 aliphatic heterocycles. The molecule has 0 saturated heterocycles. The summed E-state index contributed by atoms with van der Waals surface area (Å²) in [7, 11) is -3.15. The second kappa shape index (κ2) is 7.07. The number of hydrogen-bond donors (Lipinski definition) is 1. The van der Waals surface area contributed by atoms with Crippen molar-refractivity contribution in [3.8, 4) is 11.5 Å². The van der Waals surface area contributed by atoms with Gasteiger partial charge in [-0.25, -0.2) is 8.42 Å². The standard InChI is InChI=1S/C14H11F3N2O6S/c1-24-13-6-5-9(19(20)21)7-12(13)18-26(22,23)11-4-2-3-10(8-11)25-14(15,16)17/h2-8,18H,1H3. The molecule has 2 rings (SSSR count). The van der Waals surface area contributed by atoms with Crippen LogP contribution < -0.4 is 14.2 Å². The van der Waals surface area contributed by atoms with Crippen LogP contribution in [0, 0.1) is 10.1 Å². The summed E-state index contributed by atoms with van der Waals surface area (Å²) in [5.74, 6) is -0.742. The average Bonchev–Trinajstić information content (AvgIpc) is 2.53. The number of nitrogens with one attached hydrogen (secondary N) is 1. The van der Waals surface area contributed by atoms with E-state index in [-0.39, 0.29) is 11.4 Å². The summed E-state index contributed by atoms with van der Waals surface area (Å²) in [6, 6.07) is 6.90. The molecule has 0 spiro atoms. The van der Waals surface area contributed by atoms with E-state index < -0.39 is 37.6 Å². The van der Waals surface area contributed by atoms with Crippen LogP contribution in [-0.4, -0.2) is 26.8 Å². The highest BCUT2D eigenvalue weighted by atomic mass is 32.2. The van der Waals surface area contributed by atoms with Gasteiger partial charge in [0.2, 0.25) is 0 Å². The molecule has 1 N–H and O–H groups in total. The van der Waals surface area contributed by atoms with Gasteiger partial charge in [-0.3, -0.25) is 14.8 Å². The summed E-state index contributed by atoms with van der Waals surface area (Å²) in [6.07, 6.45) is -4.99. The number of methoxy groups -OCH3 is 1. The van der Waals surface area contributed by atoms with Crippen LogP contribution in [0.3, 0.4) is 0 Å². The number of hydrogen-bond acceptors (Lipinski definition) is 6.